The number of carbonyl (C=O) groups excluding carboxylic acids is 2. The molecule has 2 aromatic heterocycles. The Kier molecular flexibility index (Phi) is 5.86. The van der Waals surface area contributed by atoms with Crippen molar-refractivity contribution in [2.75, 3.05) is 0 Å². The van der Waals surface area contributed by atoms with Gasteiger partial charge in [-0.15, -0.1) is 11.3 Å². The third kappa shape index (κ3) is 4.61. The summed E-state index contributed by atoms with van der Waals surface area (Å²) >= 11 is 1.58. The van der Waals surface area contributed by atoms with Crippen LogP contribution in [0.2, 0.25) is 0 Å². The van der Waals surface area contributed by atoms with E-state index in [2.05, 4.69) is 10.6 Å². The SMILES string of the molecule is CC(NC(=O)C(Cc1ccccc1)NC(=O)c1ccco1)c1cccs1. The van der Waals surface area contributed by atoms with Crippen molar-refractivity contribution >= 4 is 23.2 Å². The Morgan fingerprint density at radius 2 is 1.85 bits per heavy atom. The highest BCUT2D eigenvalue weighted by Crippen LogP contribution is 2.18. The highest BCUT2D eigenvalue weighted by atomic mass is 32.1. The van der Waals surface area contributed by atoms with Gasteiger partial charge in [0.2, 0.25) is 5.91 Å². The highest BCUT2D eigenvalue weighted by Gasteiger charge is 2.24. The molecule has 2 unspecified atom stereocenters. The third-order valence-electron chi connectivity index (χ3n) is 3.98. The van der Waals surface area contributed by atoms with Crippen molar-refractivity contribution in [3.63, 3.8) is 0 Å². The average Bonchev–Trinajstić information content (AvgIpc) is 3.35. The fourth-order valence-corrected chi connectivity index (χ4v) is 3.35. The van der Waals surface area contributed by atoms with Crippen LogP contribution >= 0.6 is 11.3 Å². The Balaban J connectivity index is 1.72. The van der Waals surface area contributed by atoms with Crippen LogP contribution in [0.25, 0.3) is 0 Å². The van der Waals surface area contributed by atoms with Crippen molar-refractivity contribution in [1.29, 1.82) is 0 Å². The van der Waals surface area contributed by atoms with Crippen LogP contribution in [0.15, 0.2) is 70.7 Å². The molecule has 2 heterocycles. The van der Waals surface area contributed by atoms with Crippen LogP contribution in [0.5, 0.6) is 0 Å². The second-order valence-electron chi connectivity index (χ2n) is 5.94. The maximum Gasteiger partial charge on any atom is 0.287 e. The molecule has 0 bridgehead atoms. The molecule has 2 N–H and O–H groups in total. The fraction of sp³-hybridized carbons (Fsp3) is 0.200. The van der Waals surface area contributed by atoms with E-state index in [4.69, 9.17) is 4.42 Å². The van der Waals surface area contributed by atoms with E-state index in [1.807, 2.05) is 54.8 Å². The first-order chi connectivity index (χ1) is 12.6. The monoisotopic (exact) mass is 368 g/mol. The molecule has 3 rings (SSSR count). The molecular formula is C20H20N2O3S. The molecule has 0 radical (unpaired) electrons. The molecule has 0 aliphatic rings. The van der Waals surface area contributed by atoms with E-state index < -0.39 is 11.9 Å². The van der Waals surface area contributed by atoms with Crippen molar-refractivity contribution in [2.24, 2.45) is 0 Å². The number of benzene rings is 1. The minimum atomic E-state index is -0.697. The van der Waals surface area contributed by atoms with Gasteiger partial charge in [-0.25, -0.2) is 0 Å². The zero-order valence-corrected chi connectivity index (χ0v) is 15.2. The highest BCUT2D eigenvalue weighted by molar-refractivity contribution is 7.10. The molecule has 3 aromatic rings. The van der Waals surface area contributed by atoms with Crippen LogP contribution in [0.1, 0.15) is 34.0 Å². The second-order valence-corrected chi connectivity index (χ2v) is 6.92. The van der Waals surface area contributed by atoms with Gasteiger partial charge in [0.05, 0.1) is 12.3 Å². The predicted octanol–water partition coefficient (Wildman–Crippen LogP) is 3.56. The van der Waals surface area contributed by atoms with Gasteiger partial charge in [-0.2, -0.15) is 0 Å². The predicted molar refractivity (Wildman–Crippen MR) is 101 cm³/mol. The molecule has 0 aliphatic carbocycles. The topological polar surface area (TPSA) is 71.3 Å². The Bertz CT molecular complexity index is 829. The van der Waals surface area contributed by atoms with Crippen molar-refractivity contribution in [3.8, 4) is 0 Å². The average molecular weight is 368 g/mol. The summed E-state index contributed by atoms with van der Waals surface area (Å²) in [6.07, 6.45) is 1.83. The lowest BCUT2D eigenvalue weighted by molar-refractivity contribution is -0.123. The van der Waals surface area contributed by atoms with Gasteiger partial charge in [0.1, 0.15) is 6.04 Å². The van der Waals surface area contributed by atoms with E-state index in [0.29, 0.717) is 6.42 Å². The zero-order chi connectivity index (χ0) is 18.4. The first-order valence-electron chi connectivity index (χ1n) is 8.35. The van der Waals surface area contributed by atoms with Crippen LogP contribution in [-0.4, -0.2) is 17.9 Å². The van der Waals surface area contributed by atoms with Crippen LogP contribution in [0.3, 0.4) is 0 Å². The van der Waals surface area contributed by atoms with Gasteiger partial charge in [0, 0.05) is 11.3 Å². The van der Waals surface area contributed by atoms with E-state index in [0.717, 1.165) is 10.4 Å². The van der Waals surface area contributed by atoms with Crippen molar-refractivity contribution in [3.05, 3.63) is 82.4 Å². The Morgan fingerprint density at radius 1 is 1.04 bits per heavy atom. The smallest absolute Gasteiger partial charge is 0.287 e. The minimum absolute atomic E-state index is 0.124. The molecule has 6 heteroatoms. The molecule has 26 heavy (non-hydrogen) atoms. The lowest BCUT2D eigenvalue weighted by atomic mass is 10.0. The maximum absolute atomic E-state index is 12.8. The maximum atomic E-state index is 12.8. The lowest BCUT2D eigenvalue weighted by Gasteiger charge is -2.21. The van der Waals surface area contributed by atoms with Crippen LogP contribution < -0.4 is 10.6 Å². The molecule has 134 valence electrons. The molecule has 2 amide bonds. The molecule has 0 saturated heterocycles. The van der Waals surface area contributed by atoms with Gasteiger partial charge in [-0.3, -0.25) is 9.59 Å². The van der Waals surface area contributed by atoms with Gasteiger partial charge in [0.25, 0.3) is 5.91 Å². The molecule has 0 saturated carbocycles. The summed E-state index contributed by atoms with van der Waals surface area (Å²) in [5.41, 5.74) is 0.969. The molecule has 5 nitrogen and oxygen atoms in total. The first kappa shape index (κ1) is 17.9. The third-order valence-corrected chi connectivity index (χ3v) is 5.03. The number of nitrogens with one attached hydrogen (secondary N) is 2. The Hall–Kier alpha value is -2.86. The molecule has 1 aromatic carbocycles. The molecule has 0 fully saturated rings. The summed E-state index contributed by atoms with van der Waals surface area (Å²) in [4.78, 5) is 26.2. The number of hydrogen-bond acceptors (Lipinski definition) is 4. The standard InChI is InChI=1S/C20H20N2O3S/c1-14(18-10-6-12-26-18)21-19(23)16(13-15-7-3-2-4-8-15)22-20(24)17-9-5-11-25-17/h2-12,14,16H,13H2,1H3,(H,21,23)(H,22,24). The summed E-state index contributed by atoms with van der Waals surface area (Å²) in [5, 5.41) is 7.73. The van der Waals surface area contributed by atoms with Crippen LogP contribution in [-0.2, 0) is 11.2 Å². The van der Waals surface area contributed by atoms with Gasteiger partial charge >= 0.3 is 0 Å². The van der Waals surface area contributed by atoms with E-state index >= 15 is 0 Å². The van der Waals surface area contributed by atoms with E-state index in [-0.39, 0.29) is 17.7 Å². The fourth-order valence-electron chi connectivity index (χ4n) is 2.62. The summed E-state index contributed by atoms with van der Waals surface area (Å²) < 4.78 is 5.12. The number of amides is 2. The normalized spacial score (nSPS) is 13.0. The molecule has 0 spiro atoms. The van der Waals surface area contributed by atoms with E-state index in [1.165, 1.54) is 6.26 Å². The zero-order valence-electron chi connectivity index (χ0n) is 14.3. The van der Waals surface area contributed by atoms with Crippen LogP contribution in [0, 0.1) is 0 Å². The summed E-state index contributed by atoms with van der Waals surface area (Å²) in [6.45, 7) is 1.93. The number of carbonyl (C=O) groups is 2. The summed E-state index contributed by atoms with van der Waals surface area (Å²) in [6, 6.07) is 15.9. The Morgan fingerprint density at radius 3 is 2.50 bits per heavy atom. The largest absolute Gasteiger partial charge is 0.459 e. The minimum Gasteiger partial charge on any atom is -0.459 e. The number of thiophene rings is 1. The second kappa shape index (κ2) is 8.49. The van der Waals surface area contributed by atoms with Crippen molar-refractivity contribution in [1.82, 2.24) is 10.6 Å². The van der Waals surface area contributed by atoms with Gasteiger partial charge in [-0.1, -0.05) is 36.4 Å². The molecular weight excluding hydrogens is 348 g/mol. The van der Waals surface area contributed by atoms with Gasteiger partial charge < -0.3 is 15.1 Å². The summed E-state index contributed by atoms with van der Waals surface area (Å²) in [5.74, 6) is -0.452. The van der Waals surface area contributed by atoms with Crippen molar-refractivity contribution < 1.29 is 14.0 Å². The number of furan rings is 1. The first-order valence-corrected chi connectivity index (χ1v) is 9.23. The summed E-state index contributed by atoms with van der Waals surface area (Å²) in [7, 11) is 0. The van der Waals surface area contributed by atoms with Gasteiger partial charge in [0.15, 0.2) is 5.76 Å². The van der Waals surface area contributed by atoms with Crippen LogP contribution in [0.4, 0.5) is 0 Å². The van der Waals surface area contributed by atoms with E-state index in [1.54, 1.807) is 23.5 Å². The Labute approximate surface area is 156 Å². The van der Waals surface area contributed by atoms with E-state index in [9.17, 15) is 9.59 Å². The van der Waals surface area contributed by atoms with Gasteiger partial charge in [-0.05, 0) is 36.1 Å². The lowest BCUT2D eigenvalue weighted by Crippen LogP contribution is -2.48. The number of hydrogen-bond donors (Lipinski definition) is 2. The number of rotatable bonds is 7. The molecule has 2 atom stereocenters. The quantitative estimate of drug-likeness (QED) is 0.670. The molecule has 0 aliphatic heterocycles. The van der Waals surface area contributed by atoms with Crippen molar-refractivity contribution in [2.45, 2.75) is 25.4 Å².